The van der Waals surface area contributed by atoms with E-state index in [1.54, 1.807) is 18.2 Å². The first-order chi connectivity index (χ1) is 15.1. The number of halogens is 2. The number of piperidine rings is 1. The molecule has 3 aromatic rings. The van der Waals surface area contributed by atoms with Gasteiger partial charge in [0.15, 0.2) is 0 Å². The molecule has 1 amide bonds. The number of rotatable bonds is 7. The van der Waals surface area contributed by atoms with E-state index in [-0.39, 0.29) is 11.7 Å². The molecule has 6 nitrogen and oxygen atoms in total. The average molecular weight is 426 g/mol. The zero-order chi connectivity index (χ0) is 21.6. The molecule has 0 aliphatic carbocycles. The number of aromatic amines is 1. The Balaban J connectivity index is 1.35. The Morgan fingerprint density at radius 2 is 1.77 bits per heavy atom. The van der Waals surface area contributed by atoms with Crippen molar-refractivity contribution in [1.29, 1.82) is 0 Å². The van der Waals surface area contributed by atoms with Gasteiger partial charge in [-0.05, 0) is 74.0 Å². The Labute approximate surface area is 179 Å². The molecule has 0 saturated carbocycles. The van der Waals surface area contributed by atoms with Gasteiger partial charge >= 0.3 is 6.61 Å². The van der Waals surface area contributed by atoms with E-state index in [1.165, 1.54) is 37.0 Å². The number of hydrogen-bond donors (Lipinski definition) is 2. The predicted octanol–water partition coefficient (Wildman–Crippen LogP) is 4.92. The molecule has 1 saturated heterocycles. The van der Waals surface area contributed by atoms with Crippen molar-refractivity contribution in [2.24, 2.45) is 0 Å². The Hall–Kier alpha value is -3.26. The normalized spacial score (nSPS) is 14.5. The van der Waals surface area contributed by atoms with E-state index in [2.05, 4.69) is 25.2 Å². The van der Waals surface area contributed by atoms with Crippen molar-refractivity contribution in [3.63, 3.8) is 0 Å². The summed E-state index contributed by atoms with van der Waals surface area (Å²) in [7, 11) is 0. The molecule has 0 atom stereocenters. The van der Waals surface area contributed by atoms with Crippen LogP contribution in [0.2, 0.25) is 0 Å². The SMILES string of the molecule is O=C(Nc1ccc(CN2CCCCC2)cc1)c1cc(-c2ccc(OC(F)F)cc2)n[nH]1. The summed E-state index contributed by atoms with van der Waals surface area (Å²) < 4.78 is 28.9. The number of hydrogen-bond acceptors (Lipinski definition) is 4. The highest BCUT2D eigenvalue weighted by Gasteiger charge is 2.13. The molecular formula is C23H24F2N4O2. The Morgan fingerprint density at radius 3 is 2.45 bits per heavy atom. The third-order valence-electron chi connectivity index (χ3n) is 5.26. The summed E-state index contributed by atoms with van der Waals surface area (Å²) >= 11 is 0. The summed E-state index contributed by atoms with van der Waals surface area (Å²) in [5.74, 6) is -0.240. The third-order valence-corrected chi connectivity index (χ3v) is 5.26. The molecule has 8 heteroatoms. The molecule has 2 N–H and O–H groups in total. The number of nitrogens with zero attached hydrogens (tertiary/aromatic N) is 2. The summed E-state index contributed by atoms with van der Waals surface area (Å²) in [5, 5.41) is 9.71. The molecule has 31 heavy (non-hydrogen) atoms. The Kier molecular flexibility index (Phi) is 6.57. The van der Waals surface area contributed by atoms with Gasteiger partial charge in [0.05, 0.1) is 5.69 Å². The van der Waals surface area contributed by atoms with Crippen LogP contribution in [-0.4, -0.2) is 40.7 Å². The van der Waals surface area contributed by atoms with Crippen LogP contribution in [0.1, 0.15) is 35.3 Å². The van der Waals surface area contributed by atoms with Crippen LogP contribution in [-0.2, 0) is 6.54 Å². The molecule has 162 valence electrons. The lowest BCUT2D eigenvalue weighted by Gasteiger charge is -2.26. The molecule has 1 aliphatic rings. The van der Waals surface area contributed by atoms with E-state index >= 15 is 0 Å². The lowest BCUT2D eigenvalue weighted by Crippen LogP contribution is -2.29. The summed E-state index contributed by atoms with van der Waals surface area (Å²) in [5.41, 5.74) is 3.45. The Bertz CT molecular complexity index is 997. The first-order valence-corrected chi connectivity index (χ1v) is 10.3. The number of aromatic nitrogens is 2. The summed E-state index contributed by atoms with van der Waals surface area (Å²) in [6, 6.07) is 15.6. The number of anilines is 1. The first-order valence-electron chi connectivity index (χ1n) is 10.3. The maximum Gasteiger partial charge on any atom is 0.387 e. The molecule has 1 aliphatic heterocycles. The molecule has 0 bridgehead atoms. The number of nitrogens with one attached hydrogen (secondary N) is 2. The van der Waals surface area contributed by atoms with Crippen molar-refractivity contribution in [2.45, 2.75) is 32.4 Å². The van der Waals surface area contributed by atoms with E-state index in [1.807, 2.05) is 24.3 Å². The maximum atomic E-state index is 12.5. The second-order valence-corrected chi connectivity index (χ2v) is 7.56. The topological polar surface area (TPSA) is 70.2 Å². The minimum Gasteiger partial charge on any atom is -0.435 e. The van der Waals surface area contributed by atoms with Gasteiger partial charge in [0.2, 0.25) is 0 Å². The van der Waals surface area contributed by atoms with Crippen molar-refractivity contribution in [2.75, 3.05) is 18.4 Å². The second-order valence-electron chi connectivity index (χ2n) is 7.56. The largest absolute Gasteiger partial charge is 0.435 e. The fraction of sp³-hybridized carbons (Fsp3) is 0.304. The molecule has 2 aromatic carbocycles. The zero-order valence-electron chi connectivity index (χ0n) is 17.0. The third kappa shape index (κ3) is 5.67. The van der Waals surface area contributed by atoms with Crippen LogP contribution in [0.15, 0.2) is 54.6 Å². The highest BCUT2D eigenvalue weighted by molar-refractivity contribution is 6.03. The lowest BCUT2D eigenvalue weighted by molar-refractivity contribution is -0.0498. The van der Waals surface area contributed by atoms with Crippen LogP contribution in [0.4, 0.5) is 14.5 Å². The summed E-state index contributed by atoms with van der Waals surface area (Å²) in [6.45, 7) is 0.343. The maximum absolute atomic E-state index is 12.5. The minimum atomic E-state index is -2.87. The number of benzene rings is 2. The summed E-state index contributed by atoms with van der Waals surface area (Å²) in [6.07, 6.45) is 3.83. The van der Waals surface area contributed by atoms with E-state index in [0.717, 1.165) is 19.6 Å². The quantitative estimate of drug-likeness (QED) is 0.563. The molecule has 1 fully saturated rings. The van der Waals surface area contributed by atoms with E-state index in [4.69, 9.17) is 0 Å². The van der Waals surface area contributed by atoms with E-state index < -0.39 is 6.61 Å². The molecule has 0 unspecified atom stereocenters. The van der Waals surface area contributed by atoms with Crippen molar-refractivity contribution >= 4 is 11.6 Å². The average Bonchev–Trinajstić information content (AvgIpc) is 3.26. The number of H-pyrrole nitrogens is 1. The van der Waals surface area contributed by atoms with Gasteiger partial charge in [0.25, 0.3) is 5.91 Å². The van der Waals surface area contributed by atoms with Crippen LogP contribution >= 0.6 is 0 Å². The van der Waals surface area contributed by atoms with Crippen LogP contribution in [0.25, 0.3) is 11.3 Å². The van der Waals surface area contributed by atoms with Gasteiger partial charge in [-0.3, -0.25) is 14.8 Å². The number of carbonyl (C=O) groups excluding carboxylic acids is 1. The number of ether oxygens (including phenoxy) is 1. The predicted molar refractivity (Wildman–Crippen MR) is 114 cm³/mol. The van der Waals surface area contributed by atoms with Crippen LogP contribution in [0.5, 0.6) is 5.75 Å². The van der Waals surface area contributed by atoms with Gasteiger partial charge in [-0.25, -0.2) is 0 Å². The molecule has 0 spiro atoms. The lowest BCUT2D eigenvalue weighted by atomic mass is 10.1. The molecular weight excluding hydrogens is 402 g/mol. The van der Waals surface area contributed by atoms with Gasteiger partial charge in [-0.2, -0.15) is 13.9 Å². The number of carbonyl (C=O) groups is 1. The smallest absolute Gasteiger partial charge is 0.387 e. The van der Waals surface area contributed by atoms with Crippen LogP contribution in [0, 0.1) is 0 Å². The molecule has 1 aromatic heterocycles. The minimum absolute atomic E-state index is 0.0657. The number of likely N-dealkylation sites (tertiary alicyclic amines) is 1. The number of alkyl halides is 2. The van der Waals surface area contributed by atoms with E-state index in [0.29, 0.717) is 22.6 Å². The van der Waals surface area contributed by atoms with Crippen molar-refractivity contribution in [3.8, 4) is 17.0 Å². The van der Waals surface area contributed by atoms with E-state index in [9.17, 15) is 13.6 Å². The van der Waals surface area contributed by atoms with Crippen molar-refractivity contribution in [3.05, 3.63) is 65.9 Å². The van der Waals surface area contributed by atoms with Crippen LogP contribution in [0.3, 0.4) is 0 Å². The molecule has 4 rings (SSSR count). The van der Waals surface area contributed by atoms with Gasteiger partial charge in [0, 0.05) is 17.8 Å². The van der Waals surface area contributed by atoms with Gasteiger partial charge in [-0.1, -0.05) is 18.6 Å². The summed E-state index contributed by atoms with van der Waals surface area (Å²) in [4.78, 5) is 15.0. The second kappa shape index (κ2) is 9.70. The van der Waals surface area contributed by atoms with Crippen molar-refractivity contribution in [1.82, 2.24) is 15.1 Å². The standard InChI is InChI=1S/C23H24F2N4O2/c24-23(25)31-19-10-6-17(7-11-19)20-14-21(28-27-20)22(30)26-18-8-4-16(5-9-18)15-29-12-2-1-3-13-29/h4-11,14,23H,1-3,12-13,15H2,(H,26,30)(H,27,28). The molecule has 2 heterocycles. The van der Waals surface area contributed by atoms with Gasteiger partial charge in [-0.15, -0.1) is 0 Å². The Morgan fingerprint density at radius 1 is 1.06 bits per heavy atom. The van der Waals surface area contributed by atoms with Gasteiger partial charge in [0.1, 0.15) is 11.4 Å². The highest BCUT2D eigenvalue weighted by Crippen LogP contribution is 2.23. The first kappa shape index (κ1) is 21.0. The highest BCUT2D eigenvalue weighted by atomic mass is 19.3. The fourth-order valence-corrected chi connectivity index (χ4v) is 3.66. The molecule has 0 radical (unpaired) electrons. The zero-order valence-corrected chi connectivity index (χ0v) is 17.0. The fourth-order valence-electron chi connectivity index (χ4n) is 3.66. The van der Waals surface area contributed by atoms with Crippen molar-refractivity contribution < 1.29 is 18.3 Å². The van der Waals surface area contributed by atoms with Crippen LogP contribution < -0.4 is 10.1 Å². The number of amides is 1. The monoisotopic (exact) mass is 426 g/mol. The van der Waals surface area contributed by atoms with Gasteiger partial charge < -0.3 is 10.1 Å².